The van der Waals surface area contributed by atoms with Gasteiger partial charge < -0.3 is 14.2 Å². The largest absolute Gasteiger partial charge is 0.491 e. The van der Waals surface area contributed by atoms with Gasteiger partial charge in [-0.1, -0.05) is 91.0 Å². The van der Waals surface area contributed by atoms with Crippen LogP contribution in [0.2, 0.25) is 0 Å². The molecule has 0 aliphatic rings. The van der Waals surface area contributed by atoms with Crippen molar-refractivity contribution in [3.63, 3.8) is 0 Å². The first kappa shape index (κ1) is 25.6. The summed E-state index contributed by atoms with van der Waals surface area (Å²) in [5.74, 6) is 2.22. The Kier molecular flexibility index (Phi) is 10.0. The van der Waals surface area contributed by atoms with Gasteiger partial charge in [0, 0.05) is 5.88 Å². The SMILES string of the molecule is ClCC/C(=C(\c1ccccc1)c1ccc(OCCOCCOc2ccccc2)cc1)c1ccccc1. The summed E-state index contributed by atoms with van der Waals surface area (Å²) in [5, 5.41) is 0. The molecule has 0 atom stereocenters. The van der Waals surface area contributed by atoms with E-state index < -0.39 is 0 Å². The van der Waals surface area contributed by atoms with Crippen molar-refractivity contribution in [2.24, 2.45) is 0 Å². The molecule has 0 aliphatic carbocycles. The molecule has 0 unspecified atom stereocenters. The first-order valence-electron chi connectivity index (χ1n) is 12.2. The Morgan fingerprint density at radius 2 is 0.972 bits per heavy atom. The lowest BCUT2D eigenvalue weighted by molar-refractivity contribution is 0.0764. The second kappa shape index (κ2) is 14.1. The monoisotopic (exact) mass is 498 g/mol. The fourth-order valence-corrected chi connectivity index (χ4v) is 4.23. The Morgan fingerprint density at radius 1 is 0.500 bits per heavy atom. The second-order valence-electron chi connectivity index (χ2n) is 8.17. The van der Waals surface area contributed by atoms with Crippen LogP contribution in [0.3, 0.4) is 0 Å². The summed E-state index contributed by atoms with van der Waals surface area (Å²) in [6.07, 6.45) is 0.777. The zero-order valence-corrected chi connectivity index (χ0v) is 21.1. The summed E-state index contributed by atoms with van der Waals surface area (Å²) < 4.78 is 17.2. The molecule has 0 aliphatic heterocycles. The van der Waals surface area contributed by atoms with Crippen LogP contribution in [-0.2, 0) is 4.74 Å². The van der Waals surface area contributed by atoms with Crippen LogP contribution in [-0.4, -0.2) is 32.3 Å². The van der Waals surface area contributed by atoms with Crippen molar-refractivity contribution in [1.82, 2.24) is 0 Å². The molecule has 0 aromatic heterocycles. The fourth-order valence-electron chi connectivity index (χ4n) is 4.04. The Bertz CT molecular complexity index is 1190. The van der Waals surface area contributed by atoms with E-state index in [1.165, 1.54) is 22.3 Å². The predicted octanol–water partition coefficient (Wildman–Crippen LogP) is 7.75. The van der Waals surface area contributed by atoms with Gasteiger partial charge >= 0.3 is 0 Å². The Hall–Kier alpha value is -3.53. The summed E-state index contributed by atoms with van der Waals surface area (Å²) in [7, 11) is 0. The van der Waals surface area contributed by atoms with Crippen molar-refractivity contribution in [3.8, 4) is 11.5 Å². The third-order valence-electron chi connectivity index (χ3n) is 5.71. The highest BCUT2D eigenvalue weighted by Gasteiger charge is 2.14. The van der Waals surface area contributed by atoms with Gasteiger partial charge in [-0.2, -0.15) is 0 Å². The van der Waals surface area contributed by atoms with Crippen LogP contribution in [0.15, 0.2) is 115 Å². The van der Waals surface area contributed by atoms with Gasteiger partial charge in [0.2, 0.25) is 0 Å². The maximum absolute atomic E-state index is 6.25. The zero-order valence-electron chi connectivity index (χ0n) is 20.3. The first-order valence-corrected chi connectivity index (χ1v) is 12.8. The number of alkyl halides is 1. The molecule has 0 spiro atoms. The van der Waals surface area contributed by atoms with Crippen molar-refractivity contribution >= 4 is 22.7 Å². The van der Waals surface area contributed by atoms with E-state index in [1.807, 2.05) is 54.6 Å². The molecule has 4 rings (SSSR count). The van der Waals surface area contributed by atoms with E-state index >= 15 is 0 Å². The highest BCUT2D eigenvalue weighted by Crippen LogP contribution is 2.35. The molecule has 0 N–H and O–H groups in total. The molecule has 4 aromatic rings. The van der Waals surface area contributed by atoms with Crippen LogP contribution in [0.25, 0.3) is 11.1 Å². The molecule has 3 nitrogen and oxygen atoms in total. The van der Waals surface area contributed by atoms with Gasteiger partial charge in [-0.05, 0) is 58.5 Å². The molecular weight excluding hydrogens is 468 g/mol. The first-order chi connectivity index (χ1) is 17.8. The molecular formula is C32H31ClO3. The topological polar surface area (TPSA) is 27.7 Å². The minimum absolute atomic E-state index is 0.480. The summed E-state index contributed by atoms with van der Waals surface area (Å²) in [6, 6.07) is 38.9. The number of hydrogen-bond acceptors (Lipinski definition) is 3. The Morgan fingerprint density at radius 3 is 1.53 bits per heavy atom. The molecule has 4 heteroatoms. The van der Waals surface area contributed by atoms with Crippen LogP contribution in [0.5, 0.6) is 11.5 Å². The van der Waals surface area contributed by atoms with Crippen LogP contribution < -0.4 is 9.47 Å². The summed E-state index contributed by atoms with van der Waals surface area (Å²) >= 11 is 6.25. The molecule has 0 radical (unpaired) electrons. The Labute approximate surface area is 218 Å². The van der Waals surface area contributed by atoms with Gasteiger partial charge in [-0.15, -0.1) is 11.6 Å². The van der Waals surface area contributed by atoms with Crippen molar-refractivity contribution in [2.45, 2.75) is 6.42 Å². The van der Waals surface area contributed by atoms with E-state index in [-0.39, 0.29) is 0 Å². The maximum atomic E-state index is 6.25. The maximum Gasteiger partial charge on any atom is 0.119 e. The normalized spacial score (nSPS) is 11.6. The second-order valence-corrected chi connectivity index (χ2v) is 8.55. The summed E-state index contributed by atoms with van der Waals surface area (Å²) in [5.41, 5.74) is 5.91. The number of benzene rings is 4. The standard InChI is InChI=1S/C32H31ClO3/c33-21-20-31(26-10-4-1-5-11-26)32(27-12-6-2-7-13-27)28-16-18-30(19-17-28)36-25-23-34-22-24-35-29-14-8-3-9-15-29/h1-19H,20-25H2/b32-31-. The highest BCUT2D eigenvalue weighted by atomic mass is 35.5. The van der Waals surface area contributed by atoms with Crippen LogP contribution >= 0.6 is 11.6 Å². The van der Waals surface area contributed by atoms with Gasteiger partial charge in [0.05, 0.1) is 13.2 Å². The third kappa shape index (κ3) is 7.48. The number of halogens is 1. The van der Waals surface area contributed by atoms with E-state index in [0.717, 1.165) is 23.5 Å². The van der Waals surface area contributed by atoms with Crippen LogP contribution in [0.4, 0.5) is 0 Å². The van der Waals surface area contributed by atoms with E-state index in [9.17, 15) is 0 Å². The minimum atomic E-state index is 0.480. The van der Waals surface area contributed by atoms with E-state index in [2.05, 4.69) is 60.7 Å². The lowest BCUT2D eigenvalue weighted by Crippen LogP contribution is -2.12. The number of para-hydroxylation sites is 1. The summed E-state index contributed by atoms with van der Waals surface area (Å²) in [4.78, 5) is 0. The number of allylic oxidation sites excluding steroid dienone is 1. The lowest BCUT2D eigenvalue weighted by Gasteiger charge is -2.17. The third-order valence-corrected chi connectivity index (χ3v) is 5.90. The average Bonchev–Trinajstić information content (AvgIpc) is 2.94. The van der Waals surface area contributed by atoms with Gasteiger partial charge in [-0.25, -0.2) is 0 Å². The van der Waals surface area contributed by atoms with Crippen molar-refractivity contribution in [3.05, 3.63) is 132 Å². The molecule has 0 saturated carbocycles. The molecule has 0 bridgehead atoms. The van der Waals surface area contributed by atoms with Crippen molar-refractivity contribution in [2.75, 3.05) is 32.3 Å². The van der Waals surface area contributed by atoms with Gasteiger partial charge in [0.25, 0.3) is 0 Å². The minimum Gasteiger partial charge on any atom is -0.491 e. The molecule has 0 heterocycles. The predicted molar refractivity (Wildman–Crippen MR) is 149 cm³/mol. The molecule has 36 heavy (non-hydrogen) atoms. The molecule has 184 valence electrons. The van der Waals surface area contributed by atoms with Gasteiger partial charge in [0.1, 0.15) is 24.7 Å². The Balaban J connectivity index is 1.39. The van der Waals surface area contributed by atoms with E-state index in [0.29, 0.717) is 32.3 Å². The number of rotatable bonds is 13. The molecule has 0 amide bonds. The van der Waals surface area contributed by atoms with Crippen molar-refractivity contribution < 1.29 is 14.2 Å². The molecule has 0 fully saturated rings. The van der Waals surface area contributed by atoms with Gasteiger partial charge in [0.15, 0.2) is 0 Å². The quantitative estimate of drug-likeness (QED) is 0.107. The molecule has 4 aromatic carbocycles. The van der Waals surface area contributed by atoms with E-state index in [4.69, 9.17) is 25.8 Å². The van der Waals surface area contributed by atoms with Crippen LogP contribution in [0, 0.1) is 0 Å². The molecule has 0 saturated heterocycles. The number of hydrogen-bond donors (Lipinski definition) is 0. The van der Waals surface area contributed by atoms with Crippen LogP contribution in [0.1, 0.15) is 23.1 Å². The zero-order chi connectivity index (χ0) is 24.8. The highest BCUT2D eigenvalue weighted by molar-refractivity contribution is 6.18. The van der Waals surface area contributed by atoms with Crippen molar-refractivity contribution in [1.29, 1.82) is 0 Å². The fraction of sp³-hybridized carbons (Fsp3) is 0.188. The number of ether oxygens (including phenoxy) is 3. The van der Waals surface area contributed by atoms with Gasteiger partial charge in [-0.3, -0.25) is 0 Å². The smallest absolute Gasteiger partial charge is 0.119 e. The van der Waals surface area contributed by atoms with E-state index in [1.54, 1.807) is 0 Å². The average molecular weight is 499 g/mol. The lowest BCUT2D eigenvalue weighted by atomic mass is 9.88. The summed E-state index contributed by atoms with van der Waals surface area (Å²) in [6.45, 7) is 2.02.